The molecule has 4 heteroatoms. The Labute approximate surface area is 71.6 Å². The molecular formula is C7H10ClN3. The lowest BCUT2D eigenvalue weighted by Crippen LogP contribution is -2.13. The van der Waals surface area contributed by atoms with E-state index in [1.807, 2.05) is 19.1 Å². The Balaban J connectivity index is 0.000001000. The largest absolute Gasteiger partial charge is 0.382 e. The van der Waals surface area contributed by atoms with Gasteiger partial charge in [0.15, 0.2) is 0 Å². The van der Waals surface area contributed by atoms with Crippen LogP contribution in [0.1, 0.15) is 11.4 Å². The first kappa shape index (κ1) is 9.91. The molecule has 0 aliphatic carbocycles. The van der Waals surface area contributed by atoms with Crippen molar-refractivity contribution in [2.45, 2.75) is 6.92 Å². The van der Waals surface area contributed by atoms with Crippen LogP contribution < -0.4 is 5.73 Å². The van der Waals surface area contributed by atoms with E-state index in [4.69, 9.17) is 11.1 Å². The maximum absolute atomic E-state index is 7.05. The highest BCUT2D eigenvalue weighted by molar-refractivity contribution is 5.92. The zero-order valence-electron chi connectivity index (χ0n) is 6.16. The number of rotatable bonds is 1. The zero-order valence-corrected chi connectivity index (χ0v) is 6.98. The summed E-state index contributed by atoms with van der Waals surface area (Å²) in [5, 5.41) is 7.05. The summed E-state index contributed by atoms with van der Waals surface area (Å²) in [7, 11) is 0. The topological polar surface area (TPSA) is 62.8 Å². The smallest absolute Gasteiger partial charge is 0.141 e. The lowest BCUT2D eigenvalue weighted by molar-refractivity contribution is 1.16. The highest BCUT2D eigenvalue weighted by atomic mass is 35.5. The van der Waals surface area contributed by atoms with E-state index in [-0.39, 0.29) is 18.2 Å². The van der Waals surface area contributed by atoms with Crippen LogP contribution in [0, 0.1) is 12.3 Å². The fourth-order valence-electron chi connectivity index (χ4n) is 0.693. The second kappa shape index (κ2) is 3.93. The summed E-state index contributed by atoms with van der Waals surface area (Å²) >= 11 is 0. The summed E-state index contributed by atoms with van der Waals surface area (Å²) in [5.74, 6) is 0.0173. The van der Waals surface area contributed by atoms with Gasteiger partial charge in [-0.15, -0.1) is 12.4 Å². The van der Waals surface area contributed by atoms with Gasteiger partial charge in [-0.05, 0) is 19.1 Å². The van der Waals surface area contributed by atoms with E-state index in [2.05, 4.69) is 4.98 Å². The van der Waals surface area contributed by atoms with E-state index in [0.717, 1.165) is 5.69 Å². The first-order valence-electron chi connectivity index (χ1n) is 2.98. The molecule has 0 bridgehead atoms. The van der Waals surface area contributed by atoms with Crippen LogP contribution in [0.15, 0.2) is 18.2 Å². The molecule has 0 amide bonds. The quantitative estimate of drug-likeness (QED) is 0.491. The second-order valence-corrected chi connectivity index (χ2v) is 2.08. The Hall–Kier alpha value is -1.09. The normalized spacial score (nSPS) is 8.45. The molecule has 3 N–H and O–H groups in total. The van der Waals surface area contributed by atoms with Gasteiger partial charge in [-0.2, -0.15) is 0 Å². The van der Waals surface area contributed by atoms with Crippen molar-refractivity contribution >= 4 is 18.2 Å². The highest BCUT2D eigenvalue weighted by Crippen LogP contribution is 1.95. The van der Waals surface area contributed by atoms with Crippen molar-refractivity contribution in [2.75, 3.05) is 0 Å². The van der Waals surface area contributed by atoms with Crippen LogP contribution >= 0.6 is 12.4 Å². The van der Waals surface area contributed by atoms with E-state index < -0.39 is 0 Å². The van der Waals surface area contributed by atoms with Gasteiger partial charge in [0.2, 0.25) is 0 Å². The number of aryl methyl sites for hydroxylation is 1. The van der Waals surface area contributed by atoms with Crippen LogP contribution in [-0.2, 0) is 0 Å². The Kier molecular flexibility index (Phi) is 3.54. The van der Waals surface area contributed by atoms with Crippen LogP contribution in [0.3, 0.4) is 0 Å². The average Bonchev–Trinajstić information content (AvgIpc) is 1.88. The van der Waals surface area contributed by atoms with E-state index in [0.29, 0.717) is 5.69 Å². The van der Waals surface area contributed by atoms with E-state index in [1.54, 1.807) is 6.07 Å². The Morgan fingerprint density at radius 1 is 1.55 bits per heavy atom. The number of amidine groups is 1. The molecule has 11 heavy (non-hydrogen) atoms. The predicted molar refractivity (Wildman–Crippen MR) is 47.2 cm³/mol. The lowest BCUT2D eigenvalue weighted by atomic mass is 10.3. The van der Waals surface area contributed by atoms with Crippen LogP contribution in [0.2, 0.25) is 0 Å². The highest BCUT2D eigenvalue weighted by Gasteiger charge is 1.94. The molecule has 0 radical (unpaired) electrons. The third-order valence-electron chi connectivity index (χ3n) is 1.16. The minimum Gasteiger partial charge on any atom is -0.382 e. The third kappa shape index (κ3) is 2.55. The van der Waals surface area contributed by atoms with E-state index in [9.17, 15) is 0 Å². The SMILES string of the molecule is Cc1cccc(C(=N)N)n1.Cl. The Morgan fingerprint density at radius 2 is 2.18 bits per heavy atom. The van der Waals surface area contributed by atoms with Gasteiger partial charge < -0.3 is 5.73 Å². The van der Waals surface area contributed by atoms with Crippen molar-refractivity contribution < 1.29 is 0 Å². The standard InChI is InChI=1S/C7H9N3.ClH/c1-5-3-2-4-6(10-5)7(8)9;/h2-4H,1H3,(H3,8,9);1H. The maximum Gasteiger partial charge on any atom is 0.141 e. The van der Waals surface area contributed by atoms with Gasteiger partial charge in [0, 0.05) is 5.69 Å². The molecular weight excluding hydrogens is 162 g/mol. The third-order valence-corrected chi connectivity index (χ3v) is 1.16. The van der Waals surface area contributed by atoms with E-state index >= 15 is 0 Å². The molecule has 0 atom stereocenters. The maximum atomic E-state index is 7.05. The molecule has 1 heterocycles. The summed E-state index contributed by atoms with van der Waals surface area (Å²) in [4.78, 5) is 4.02. The number of nitrogen functional groups attached to an aromatic ring is 1. The van der Waals surface area contributed by atoms with Gasteiger partial charge in [-0.1, -0.05) is 6.07 Å². The molecule has 0 aliphatic rings. The van der Waals surface area contributed by atoms with Gasteiger partial charge in [-0.3, -0.25) is 5.41 Å². The molecule has 1 aromatic heterocycles. The van der Waals surface area contributed by atoms with Gasteiger partial charge in [0.25, 0.3) is 0 Å². The first-order valence-corrected chi connectivity index (χ1v) is 2.98. The van der Waals surface area contributed by atoms with Gasteiger partial charge >= 0.3 is 0 Å². The molecule has 0 fully saturated rings. The number of hydrogen-bond acceptors (Lipinski definition) is 2. The van der Waals surface area contributed by atoms with Crippen molar-refractivity contribution in [1.29, 1.82) is 5.41 Å². The molecule has 0 unspecified atom stereocenters. The molecule has 0 saturated heterocycles. The van der Waals surface area contributed by atoms with Gasteiger partial charge in [0.1, 0.15) is 11.5 Å². The number of nitrogens with one attached hydrogen (secondary N) is 1. The molecule has 0 aromatic carbocycles. The molecule has 1 aromatic rings. The second-order valence-electron chi connectivity index (χ2n) is 2.08. The predicted octanol–water partition coefficient (Wildman–Crippen LogP) is 1.10. The molecule has 0 aliphatic heterocycles. The Bertz CT molecular complexity index is 260. The number of nitrogens with zero attached hydrogens (tertiary/aromatic N) is 1. The fraction of sp³-hybridized carbons (Fsp3) is 0.143. The van der Waals surface area contributed by atoms with Crippen LogP contribution in [0.5, 0.6) is 0 Å². The number of aromatic nitrogens is 1. The van der Waals surface area contributed by atoms with Crippen molar-refractivity contribution in [3.8, 4) is 0 Å². The van der Waals surface area contributed by atoms with Crippen LogP contribution in [0.25, 0.3) is 0 Å². The van der Waals surface area contributed by atoms with E-state index in [1.165, 1.54) is 0 Å². The zero-order chi connectivity index (χ0) is 7.56. The molecule has 1 rings (SSSR count). The van der Waals surface area contributed by atoms with Crippen LogP contribution in [0.4, 0.5) is 0 Å². The minimum atomic E-state index is 0. The number of pyridine rings is 1. The summed E-state index contributed by atoms with van der Waals surface area (Å²) in [5.41, 5.74) is 6.63. The molecule has 3 nitrogen and oxygen atoms in total. The molecule has 0 spiro atoms. The summed E-state index contributed by atoms with van der Waals surface area (Å²) in [6, 6.07) is 5.42. The number of hydrogen-bond donors (Lipinski definition) is 2. The number of nitrogens with two attached hydrogens (primary N) is 1. The summed E-state index contributed by atoms with van der Waals surface area (Å²) in [6.07, 6.45) is 0. The average molecular weight is 172 g/mol. The minimum absolute atomic E-state index is 0. The number of halogens is 1. The lowest BCUT2D eigenvalue weighted by Gasteiger charge is -1.96. The van der Waals surface area contributed by atoms with Crippen molar-refractivity contribution in [3.63, 3.8) is 0 Å². The van der Waals surface area contributed by atoms with Crippen molar-refractivity contribution in [2.24, 2.45) is 5.73 Å². The summed E-state index contributed by atoms with van der Waals surface area (Å²) < 4.78 is 0. The first-order chi connectivity index (χ1) is 4.70. The Morgan fingerprint density at radius 3 is 2.55 bits per heavy atom. The van der Waals surface area contributed by atoms with Crippen molar-refractivity contribution in [1.82, 2.24) is 4.98 Å². The van der Waals surface area contributed by atoms with Gasteiger partial charge in [0.05, 0.1) is 0 Å². The van der Waals surface area contributed by atoms with Gasteiger partial charge in [-0.25, -0.2) is 4.98 Å². The molecule has 60 valence electrons. The summed E-state index contributed by atoms with van der Waals surface area (Å²) in [6.45, 7) is 1.87. The van der Waals surface area contributed by atoms with Crippen molar-refractivity contribution in [3.05, 3.63) is 29.6 Å². The monoisotopic (exact) mass is 171 g/mol. The fourth-order valence-corrected chi connectivity index (χ4v) is 0.693. The molecule has 0 saturated carbocycles. The van der Waals surface area contributed by atoms with Crippen LogP contribution in [-0.4, -0.2) is 10.8 Å².